The molecule has 0 spiro atoms. The minimum absolute atomic E-state index is 0.0592. The topological polar surface area (TPSA) is 39.9 Å². The number of ether oxygens (including phenoxy) is 1. The molecule has 0 radical (unpaired) electrons. The van der Waals surface area contributed by atoms with Crippen molar-refractivity contribution in [2.24, 2.45) is 0 Å². The van der Waals surface area contributed by atoms with E-state index in [1.54, 1.807) is 0 Å². The molecule has 1 aromatic heterocycles. The number of rotatable bonds is 2. The SMILES string of the molecule is Clc1cccc(OC2CCCn3nc(Br)nc32)c1. The first-order valence-corrected chi connectivity index (χ1v) is 6.92. The van der Waals surface area contributed by atoms with E-state index in [2.05, 4.69) is 26.0 Å². The number of halogens is 2. The van der Waals surface area contributed by atoms with E-state index in [0.29, 0.717) is 9.76 Å². The van der Waals surface area contributed by atoms with Gasteiger partial charge in [0.25, 0.3) is 0 Å². The van der Waals surface area contributed by atoms with Crippen molar-refractivity contribution in [1.82, 2.24) is 14.8 Å². The van der Waals surface area contributed by atoms with Gasteiger partial charge in [0.15, 0.2) is 11.9 Å². The van der Waals surface area contributed by atoms with Crippen LogP contribution in [-0.4, -0.2) is 14.8 Å². The Bertz CT molecular complexity index is 572. The van der Waals surface area contributed by atoms with Crippen molar-refractivity contribution >= 4 is 27.5 Å². The Morgan fingerprint density at radius 3 is 3.17 bits per heavy atom. The highest BCUT2D eigenvalue weighted by Crippen LogP contribution is 2.30. The van der Waals surface area contributed by atoms with Crippen LogP contribution in [0.1, 0.15) is 24.8 Å². The van der Waals surface area contributed by atoms with E-state index in [0.717, 1.165) is 31.0 Å². The average molecular weight is 329 g/mol. The number of benzene rings is 1. The van der Waals surface area contributed by atoms with Gasteiger partial charge in [0.1, 0.15) is 5.75 Å². The summed E-state index contributed by atoms with van der Waals surface area (Å²) in [4.78, 5) is 4.36. The Morgan fingerprint density at radius 1 is 1.44 bits per heavy atom. The van der Waals surface area contributed by atoms with E-state index in [1.165, 1.54) is 0 Å². The average Bonchev–Trinajstić information content (AvgIpc) is 2.71. The van der Waals surface area contributed by atoms with Gasteiger partial charge in [-0.25, -0.2) is 9.67 Å². The van der Waals surface area contributed by atoms with E-state index in [4.69, 9.17) is 16.3 Å². The summed E-state index contributed by atoms with van der Waals surface area (Å²) in [6.07, 6.45) is 1.92. The first-order valence-electron chi connectivity index (χ1n) is 5.75. The molecule has 3 rings (SSSR count). The van der Waals surface area contributed by atoms with E-state index in [1.807, 2.05) is 28.9 Å². The van der Waals surface area contributed by atoms with Crippen LogP contribution in [0.3, 0.4) is 0 Å². The lowest BCUT2D eigenvalue weighted by molar-refractivity contribution is 0.155. The van der Waals surface area contributed by atoms with Gasteiger partial charge >= 0.3 is 0 Å². The second-order valence-corrected chi connectivity index (χ2v) is 5.31. The molecule has 2 aromatic rings. The van der Waals surface area contributed by atoms with Crippen LogP contribution in [0.4, 0.5) is 0 Å². The maximum atomic E-state index is 5.95. The Balaban J connectivity index is 1.86. The third kappa shape index (κ3) is 2.37. The van der Waals surface area contributed by atoms with E-state index in [-0.39, 0.29) is 6.10 Å². The molecule has 1 unspecified atom stereocenters. The zero-order valence-corrected chi connectivity index (χ0v) is 11.9. The standard InChI is InChI=1S/C12H11BrClN3O/c13-12-15-11-10(5-2-6-17(11)16-12)18-9-4-1-3-8(14)7-9/h1,3-4,7,10H,2,5-6H2. The summed E-state index contributed by atoms with van der Waals surface area (Å²) in [5, 5.41) is 4.95. The predicted octanol–water partition coefficient (Wildman–Crippen LogP) is 3.61. The fourth-order valence-electron chi connectivity index (χ4n) is 2.10. The highest BCUT2D eigenvalue weighted by molar-refractivity contribution is 9.10. The molecule has 6 heteroatoms. The number of aromatic nitrogens is 3. The van der Waals surface area contributed by atoms with Crippen LogP contribution in [0.25, 0.3) is 0 Å². The summed E-state index contributed by atoms with van der Waals surface area (Å²) in [5.74, 6) is 1.63. The maximum absolute atomic E-state index is 5.95. The van der Waals surface area contributed by atoms with Crippen LogP contribution in [0.2, 0.25) is 5.02 Å². The fraction of sp³-hybridized carbons (Fsp3) is 0.333. The van der Waals surface area contributed by atoms with Crippen molar-refractivity contribution in [3.63, 3.8) is 0 Å². The number of hydrogen-bond donors (Lipinski definition) is 0. The second-order valence-electron chi connectivity index (χ2n) is 4.17. The Labute approximate surface area is 118 Å². The van der Waals surface area contributed by atoms with Gasteiger partial charge in [0, 0.05) is 11.6 Å². The molecule has 0 amide bonds. The summed E-state index contributed by atoms with van der Waals surface area (Å²) in [5.41, 5.74) is 0. The lowest BCUT2D eigenvalue weighted by Gasteiger charge is -2.23. The molecule has 0 fully saturated rings. The van der Waals surface area contributed by atoms with E-state index < -0.39 is 0 Å². The molecule has 0 saturated heterocycles. The molecule has 18 heavy (non-hydrogen) atoms. The lowest BCUT2D eigenvalue weighted by atomic mass is 10.1. The van der Waals surface area contributed by atoms with Crippen molar-refractivity contribution in [3.05, 3.63) is 39.8 Å². The molecular weight excluding hydrogens is 318 g/mol. The highest BCUT2D eigenvalue weighted by Gasteiger charge is 2.25. The monoisotopic (exact) mass is 327 g/mol. The first-order chi connectivity index (χ1) is 8.72. The number of fused-ring (bicyclic) bond motifs is 1. The zero-order chi connectivity index (χ0) is 12.5. The predicted molar refractivity (Wildman–Crippen MR) is 71.8 cm³/mol. The summed E-state index contributed by atoms with van der Waals surface area (Å²) >= 11 is 9.24. The van der Waals surface area contributed by atoms with Crippen LogP contribution in [-0.2, 0) is 6.54 Å². The molecule has 0 saturated carbocycles. The molecule has 1 aliphatic rings. The smallest absolute Gasteiger partial charge is 0.217 e. The van der Waals surface area contributed by atoms with Gasteiger partial charge in [0.2, 0.25) is 4.73 Å². The van der Waals surface area contributed by atoms with Gasteiger partial charge in [-0.15, -0.1) is 5.10 Å². The van der Waals surface area contributed by atoms with Gasteiger partial charge in [0.05, 0.1) is 0 Å². The maximum Gasteiger partial charge on any atom is 0.217 e. The molecule has 1 atom stereocenters. The normalized spacial score (nSPS) is 18.4. The van der Waals surface area contributed by atoms with Crippen molar-refractivity contribution in [3.8, 4) is 5.75 Å². The fourth-order valence-corrected chi connectivity index (χ4v) is 2.65. The minimum atomic E-state index is -0.0592. The molecule has 0 bridgehead atoms. The molecule has 0 aliphatic carbocycles. The third-order valence-corrected chi connectivity index (χ3v) is 3.44. The lowest BCUT2D eigenvalue weighted by Crippen LogP contribution is -2.21. The van der Waals surface area contributed by atoms with Crippen LogP contribution in [0.15, 0.2) is 29.0 Å². The Hall–Kier alpha value is -1.07. The second kappa shape index (κ2) is 4.90. The quantitative estimate of drug-likeness (QED) is 0.845. The van der Waals surface area contributed by atoms with Crippen LogP contribution >= 0.6 is 27.5 Å². The molecule has 2 heterocycles. The van der Waals surface area contributed by atoms with Gasteiger partial charge in [-0.05, 0) is 47.0 Å². The van der Waals surface area contributed by atoms with Crippen LogP contribution in [0, 0.1) is 0 Å². The molecular formula is C12H11BrClN3O. The summed E-state index contributed by atoms with van der Waals surface area (Å²) in [7, 11) is 0. The van der Waals surface area contributed by atoms with Crippen molar-refractivity contribution < 1.29 is 4.74 Å². The number of nitrogens with zero attached hydrogens (tertiary/aromatic N) is 3. The summed E-state index contributed by atoms with van der Waals surface area (Å²) < 4.78 is 8.45. The molecule has 94 valence electrons. The van der Waals surface area contributed by atoms with Crippen molar-refractivity contribution in [1.29, 1.82) is 0 Å². The van der Waals surface area contributed by atoms with Crippen molar-refractivity contribution in [2.45, 2.75) is 25.5 Å². The third-order valence-electron chi connectivity index (χ3n) is 2.87. The highest BCUT2D eigenvalue weighted by atomic mass is 79.9. The number of hydrogen-bond acceptors (Lipinski definition) is 3. The van der Waals surface area contributed by atoms with E-state index in [9.17, 15) is 0 Å². The van der Waals surface area contributed by atoms with Gasteiger partial charge in [-0.1, -0.05) is 17.7 Å². The number of aryl methyl sites for hydroxylation is 1. The first kappa shape index (κ1) is 12.0. The van der Waals surface area contributed by atoms with Gasteiger partial charge in [-0.3, -0.25) is 0 Å². The summed E-state index contributed by atoms with van der Waals surface area (Å²) in [6.45, 7) is 0.892. The molecule has 1 aliphatic heterocycles. The van der Waals surface area contributed by atoms with Crippen LogP contribution < -0.4 is 4.74 Å². The van der Waals surface area contributed by atoms with Gasteiger partial charge in [-0.2, -0.15) is 0 Å². The van der Waals surface area contributed by atoms with Crippen LogP contribution in [0.5, 0.6) is 5.75 Å². The molecule has 4 nitrogen and oxygen atoms in total. The zero-order valence-electron chi connectivity index (χ0n) is 9.51. The minimum Gasteiger partial charge on any atom is -0.482 e. The molecule has 0 N–H and O–H groups in total. The molecule has 1 aromatic carbocycles. The Morgan fingerprint density at radius 2 is 2.33 bits per heavy atom. The van der Waals surface area contributed by atoms with Gasteiger partial charge < -0.3 is 4.74 Å². The Kier molecular flexibility index (Phi) is 3.26. The largest absolute Gasteiger partial charge is 0.482 e. The van der Waals surface area contributed by atoms with Crippen molar-refractivity contribution in [2.75, 3.05) is 0 Å². The summed E-state index contributed by atoms with van der Waals surface area (Å²) in [6, 6.07) is 7.41. The van der Waals surface area contributed by atoms with E-state index >= 15 is 0 Å².